The molecular formula is C10H12. The Bertz CT molecular complexity index is 236. The summed E-state index contributed by atoms with van der Waals surface area (Å²) in [6.45, 7) is 15.8. The van der Waals surface area contributed by atoms with Crippen LogP contribution in [-0.2, 0) is 0 Å². The van der Waals surface area contributed by atoms with Crippen molar-refractivity contribution in [2.24, 2.45) is 0 Å². The van der Waals surface area contributed by atoms with Crippen LogP contribution in [0.3, 0.4) is 0 Å². The summed E-state index contributed by atoms with van der Waals surface area (Å²) in [7, 11) is 0. The van der Waals surface area contributed by atoms with Gasteiger partial charge in [-0.05, 0) is 41.7 Å². The van der Waals surface area contributed by atoms with Gasteiger partial charge in [0.1, 0.15) is 0 Å². The molecule has 1 aliphatic carbocycles. The molecule has 0 nitrogen and oxygen atoms in total. The zero-order valence-corrected chi connectivity index (χ0v) is 6.62. The van der Waals surface area contributed by atoms with E-state index in [9.17, 15) is 0 Å². The van der Waals surface area contributed by atoms with Crippen LogP contribution in [0, 0.1) is 0 Å². The first-order valence-electron chi connectivity index (χ1n) is 3.31. The van der Waals surface area contributed by atoms with Gasteiger partial charge in [-0.15, -0.1) is 0 Å². The van der Waals surface area contributed by atoms with E-state index in [2.05, 4.69) is 33.6 Å². The van der Waals surface area contributed by atoms with Crippen LogP contribution in [0.15, 0.2) is 47.6 Å². The van der Waals surface area contributed by atoms with E-state index in [1.165, 1.54) is 11.1 Å². The van der Waals surface area contributed by atoms with Crippen LogP contribution in [0.25, 0.3) is 0 Å². The molecule has 0 bridgehead atoms. The van der Waals surface area contributed by atoms with E-state index in [0.717, 1.165) is 16.7 Å². The van der Waals surface area contributed by atoms with Crippen molar-refractivity contribution < 1.29 is 0 Å². The van der Waals surface area contributed by atoms with Gasteiger partial charge in [-0.2, -0.15) is 0 Å². The molecule has 0 aliphatic heterocycles. The van der Waals surface area contributed by atoms with Crippen molar-refractivity contribution in [3.63, 3.8) is 0 Å². The molecule has 0 atom stereocenters. The molecule has 0 heterocycles. The predicted molar refractivity (Wildman–Crippen MR) is 45.8 cm³/mol. The van der Waals surface area contributed by atoms with Crippen molar-refractivity contribution in [2.75, 3.05) is 0 Å². The average Bonchev–Trinajstić information content (AvgIpc) is 2.07. The molecule has 0 N–H and O–H groups in total. The summed E-state index contributed by atoms with van der Waals surface area (Å²) in [4.78, 5) is 0. The van der Waals surface area contributed by atoms with Gasteiger partial charge in [-0.3, -0.25) is 0 Å². The molecular weight excluding hydrogens is 120 g/mol. The lowest BCUT2D eigenvalue weighted by Gasteiger charge is -1.96. The predicted octanol–water partition coefficient (Wildman–Crippen LogP) is 3.01. The van der Waals surface area contributed by atoms with Crippen LogP contribution < -0.4 is 0 Å². The zero-order valence-electron chi connectivity index (χ0n) is 6.62. The molecule has 0 radical (unpaired) electrons. The largest absolute Gasteiger partial charge is 0.0909 e. The highest BCUT2D eigenvalue weighted by Crippen LogP contribution is 2.36. The lowest BCUT2D eigenvalue weighted by molar-refractivity contribution is 1.39. The maximum absolute atomic E-state index is 3.90. The lowest BCUT2D eigenvalue weighted by atomic mass is 10.1. The van der Waals surface area contributed by atoms with Crippen molar-refractivity contribution in [3.05, 3.63) is 47.6 Å². The Labute approximate surface area is 62.3 Å². The maximum atomic E-state index is 3.90. The van der Waals surface area contributed by atoms with Crippen molar-refractivity contribution in [2.45, 2.75) is 13.8 Å². The van der Waals surface area contributed by atoms with Crippen LogP contribution in [0.5, 0.6) is 0 Å². The second kappa shape index (κ2) is 1.98. The smallest absolute Gasteiger partial charge is 0.0190 e. The average molecular weight is 132 g/mol. The first-order valence-corrected chi connectivity index (χ1v) is 3.31. The van der Waals surface area contributed by atoms with E-state index in [1.54, 1.807) is 0 Å². The molecule has 0 fully saturated rings. The van der Waals surface area contributed by atoms with Crippen molar-refractivity contribution in [1.29, 1.82) is 0 Å². The molecule has 0 saturated carbocycles. The van der Waals surface area contributed by atoms with Gasteiger partial charge in [0.15, 0.2) is 0 Å². The van der Waals surface area contributed by atoms with Crippen molar-refractivity contribution in [3.8, 4) is 0 Å². The second-order valence-corrected chi connectivity index (χ2v) is 2.69. The minimum absolute atomic E-state index is 0.995. The SMILES string of the molecule is C=C1C(=C)C(C)=C(C)C1=C. The standard InChI is InChI=1S/C10H12/c1-6-7(2)9(4)10(5)8(6)3/h1-3H2,4-5H3. The van der Waals surface area contributed by atoms with Gasteiger partial charge < -0.3 is 0 Å². The highest BCUT2D eigenvalue weighted by atomic mass is 14.2. The molecule has 52 valence electrons. The van der Waals surface area contributed by atoms with Gasteiger partial charge in [-0.1, -0.05) is 19.7 Å². The van der Waals surface area contributed by atoms with Gasteiger partial charge in [-0.25, -0.2) is 0 Å². The molecule has 0 saturated heterocycles. The van der Waals surface area contributed by atoms with E-state index in [4.69, 9.17) is 0 Å². The monoisotopic (exact) mass is 132 g/mol. The Kier molecular flexibility index (Phi) is 1.40. The number of rotatable bonds is 0. The van der Waals surface area contributed by atoms with E-state index in [1.807, 2.05) is 0 Å². The van der Waals surface area contributed by atoms with E-state index >= 15 is 0 Å². The van der Waals surface area contributed by atoms with Gasteiger partial charge in [0.05, 0.1) is 0 Å². The van der Waals surface area contributed by atoms with Crippen molar-refractivity contribution >= 4 is 0 Å². The van der Waals surface area contributed by atoms with E-state index in [-0.39, 0.29) is 0 Å². The highest BCUT2D eigenvalue weighted by molar-refractivity contribution is 5.67. The lowest BCUT2D eigenvalue weighted by Crippen LogP contribution is -1.77. The summed E-state index contributed by atoms with van der Waals surface area (Å²) in [5, 5.41) is 0. The molecule has 0 spiro atoms. The Morgan fingerprint density at radius 2 is 1.00 bits per heavy atom. The molecule has 0 amide bonds. The molecule has 0 aromatic rings. The Morgan fingerprint density at radius 1 is 0.700 bits per heavy atom. The van der Waals surface area contributed by atoms with Crippen molar-refractivity contribution in [1.82, 2.24) is 0 Å². The topological polar surface area (TPSA) is 0 Å². The van der Waals surface area contributed by atoms with Crippen LogP contribution in [0.4, 0.5) is 0 Å². The minimum Gasteiger partial charge on any atom is -0.0909 e. The number of allylic oxidation sites excluding steroid dienone is 5. The second-order valence-electron chi connectivity index (χ2n) is 2.69. The summed E-state index contributed by atoms with van der Waals surface area (Å²) in [6, 6.07) is 0. The summed E-state index contributed by atoms with van der Waals surface area (Å²) >= 11 is 0. The third-order valence-electron chi connectivity index (χ3n) is 2.20. The van der Waals surface area contributed by atoms with Crippen LogP contribution in [-0.4, -0.2) is 0 Å². The molecule has 1 aliphatic rings. The first kappa shape index (κ1) is 7.07. The molecule has 0 aromatic heterocycles. The Morgan fingerprint density at radius 3 is 1.10 bits per heavy atom. The van der Waals surface area contributed by atoms with E-state index < -0.39 is 0 Å². The molecule has 0 aromatic carbocycles. The third kappa shape index (κ3) is 0.688. The molecule has 0 heteroatoms. The summed E-state index contributed by atoms with van der Waals surface area (Å²) in [5.74, 6) is 0. The normalized spacial score (nSPS) is 19.2. The number of hydrogen-bond donors (Lipinski definition) is 0. The fourth-order valence-corrected chi connectivity index (χ4v) is 1.09. The van der Waals surface area contributed by atoms with E-state index in [0.29, 0.717) is 0 Å². The van der Waals surface area contributed by atoms with Crippen LogP contribution in [0.1, 0.15) is 13.8 Å². The zero-order chi connectivity index (χ0) is 7.89. The van der Waals surface area contributed by atoms with Gasteiger partial charge in [0.2, 0.25) is 0 Å². The van der Waals surface area contributed by atoms with Crippen LogP contribution >= 0.6 is 0 Å². The fourth-order valence-electron chi connectivity index (χ4n) is 1.09. The summed E-state index contributed by atoms with van der Waals surface area (Å²) < 4.78 is 0. The third-order valence-corrected chi connectivity index (χ3v) is 2.20. The molecule has 10 heavy (non-hydrogen) atoms. The van der Waals surface area contributed by atoms with Crippen LogP contribution in [0.2, 0.25) is 0 Å². The maximum Gasteiger partial charge on any atom is -0.0190 e. The Hall–Kier alpha value is -1.04. The van der Waals surface area contributed by atoms with Gasteiger partial charge >= 0.3 is 0 Å². The number of hydrogen-bond acceptors (Lipinski definition) is 0. The fraction of sp³-hybridized carbons (Fsp3) is 0.200. The van der Waals surface area contributed by atoms with Gasteiger partial charge in [0.25, 0.3) is 0 Å². The summed E-state index contributed by atoms with van der Waals surface area (Å²) in [6.07, 6.45) is 0. The first-order chi connectivity index (χ1) is 4.55. The molecule has 0 unspecified atom stereocenters. The van der Waals surface area contributed by atoms with Gasteiger partial charge in [0, 0.05) is 0 Å². The summed E-state index contributed by atoms with van der Waals surface area (Å²) in [5.41, 5.74) is 5.55. The highest BCUT2D eigenvalue weighted by Gasteiger charge is 2.17. The molecule has 1 rings (SSSR count). The minimum atomic E-state index is 0.995. The quantitative estimate of drug-likeness (QED) is 0.475. The Balaban J connectivity index is 3.24.